The van der Waals surface area contributed by atoms with Crippen LogP contribution in [0.2, 0.25) is 0 Å². The lowest BCUT2D eigenvalue weighted by molar-refractivity contribution is -0.137. The second-order valence-corrected chi connectivity index (χ2v) is 8.60. The fourth-order valence-electron chi connectivity index (χ4n) is 4.22. The van der Waals surface area contributed by atoms with Crippen molar-refractivity contribution in [2.45, 2.75) is 44.3 Å². The average Bonchev–Trinajstić information content (AvgIpc) is 3.24. The molecule has 2 aromatic heterocycles. The third kappa shape index (κ3) is 5.97. The summed E-state index contributed by atoms with van der Waals surface area (Å²) in [7, 11) is 0. The lowest BCUT2D eigenvalue weighted by atomic mass is 10.0. The van der Waals surface area contributed by atoms with Gasteiger partial charge in [-0.2, -0.15) is 13.2 Å². The van der Waals surface area contributed by atoms with Crippen LogP contribution in [-0.4, -0.2) is 46.7 Å². The van der Waals surface area contributed by atoms with Crippen molar-refractivity contribution < 1.29 is 22.7 Å². The Hall–Kier alpha value is -2.79. The molecule has 0 bridgehead atoms. The molecule has 4 N–H and O–H groups in total. The number of carbonyl (C=O) groups is 1. The lowest BCUT2D eigenvalue weighted by Gasteiger charge is -2.22. The van der Waals surface area contributed by atoms with Gasteiger partial charge in [-0.3, -0.25) is 9.78 Å². The maximum Gasteiger partial charge on any atom is 0.418 e. The molecular formula is C22H27F3N6O2. The van der Waals surface area contributed by atoms with Crippen molar-refractivity contribution in [3.8, 4) is 11.3 Å². The average molecular weight is 464 g/mol. The fraction of sp³-hybridized carbons (Fsp3) is 0.545. The van der Waals surface area contributed by atoms with Gasteiger partial charge in [-0.15, -0.1) is 0 Å². The first-order valence-electron chi connectivity index (χ1n) is 11.1. The van der Waals surface area contributed by atoms with E-state index in [9.17, 15) is 18.0 Å². The first kappa shape index (κ1) is 23.4. The van der Waals surface area contributed by atoms with Crippen LogP contribution in [0, 0.1) is 11.8 Å². The summed E-state index contributed by atoms with van der Waals surface area (Å²) < 4.78 is 46.4. The Morgan fingerprint density at radius 2 is 1.91 bits per heavy atom. The van der Waals surface area contributed by atoms with Crippen LogP contribution >= 0.6 is 0 Å². The van der Waals surface area contributed by atoms with E-state index in [1.165, 1.54) is 18.5 Å². The number of alkyl halides is 3. The van der Waals surface area contributed by atoms with E-state index in [1.807, 2.05) is 0 Å². The highest BCUT2D eigenvalue weighted by atomic mass is 19.4. The van der Waals surface area contributed by atoms with Crippen molar-refractivity contribution in [1.82, 2.24) is 15.0 Å². The third-order valence-electron chi connectivity index (χ3n) is 6.13. The van der Waals surface area contributed by atoms with Gasteiger partial charge in [0, 0.05) is 43.5 Å². The molecule has 4 rings (SSSR count). The Balaban J connectivity index is 1.55. The number of ether oxygens (including phenoxy) is 1. The predicted octanol–water partition coefficient (Wildman–Crippen LogP) is 3.46. The maximum atomic E-state index is 13.7. The Bertz CT molecular complexity index is 981. The van der Waals surface area contributed by atoms with E-state index in [-0.39, 0.29) is 34.9 Å². The molecule has 33 heavy (non-hydrogen) atoms. The van der Waals surface area contributed by atoms with Crippen LogP contribution in [0.4, 0.5) is 24.8 Å². The van der Waals surface area contributed by atoms with Crippen LogP contribution in [0.1, 0.15) is 37.7 Å². The van der Waals surface area contributed by atoms with Gasteiger partial charge >= 0.3 is 6.18 Å². The van der Waals surface area contributed by atoms with Gasteiger partial charge in [0.25, 0.3) is 0 Å². The topological polar surface area (TPSA) is 115 Å². The molecule has 1 amide bonds. The molecule has 0 aromatic carbocycles. The van der Waals surface area contributed by atoms with Crippen LogP contribution in [0.3, 0.4) is 0 Å². The van der Waals surface area contributed by atoms with Gasteiger partial charge < -0.3 is 21.1 Å². The van der Waals surface area contributed by atoms with Crippen molar-refractivity contribution in [3.63, 3.8) is 0 Å². The highest BCUT2D eigenvalue weighted by Crippen LogP contribution is 2.37. The zero-order valence-corrected chi connectivity index (χ0v) is 18.1. The summed E-state index contributed by atoms with van der Waals surface area (Å²) in [6.07, 6.45) is 2.58. The van der Waals surface area contributed by atoms with Crippen LogP contribution in [-0.2, 0) is 15.7 Å². The van der Waals surface area contributed by atoms with Crippen LogP contribution in [0.5, 0.6) is 0 Å². The first-order chi connectivity index (χ1) is 15.8. The van der Waals surface area contributed by atoms with E-state index in [0.29, 0.717) is 44.3 Å². The van der Waals surface area contributed by atoms with Gasteiger partial charge in [0.05, 0.1) is 23.7 Å². The zero-order chi connectivity index (χ0) is 23.4. The number of anilines is 2. The molecule has 2 aromatic rings. The molecule has 1 aliphatic heterocycles. The van der Waals surface area contributed by atoms with Crippen molar-refractivity contribution in [2.75, 3.05) is 30.4 Å². The second kappa shape index (κ2) is 10.0. The number of halogens is 3. The zero-order valence-electron chi connectivity index (χ0n) is 18.1. The van der Waals surface area contributed by atoms with Gasteiger partial charge in [0.1, 0.15) is 11.6 Å². The molecule has 1 saturated heterocycles. The molecule has 2 atom stereocenters. The number of hydrogen-bond donors (Lipinski definition) is 3. The number of nitrogens with one attached hydrogen (secondary N) is 2. The maximum absolute atomic E-state index is 13.7. The summed E-state index contributed by atoms with van der Waals surface area (Å²) in [6, 6.07) is 1.16. The number of amides is 1. The quantitative estimate of drug-likeness (QED) is 0.600. The molecule has 8 nitrogen and oxygen atoms in total. The van der Waals surface area contributed by atoms with Gasteiger partial charge in [0.2, 0.25) is 5.91 Å². The Morgan fingerprint density at radius 3 is 2.61 bits per heavy atom. The number of carbonyl (C=O) groups excluding carboxylic acids is 1. The third-order valence-corrected chi connectivity index (χ3v) is 6.13. The minimum atomic E-state index is -4.64. The van der Waals surface area contributed by atoms with Crippen LogP contribution < -0.4 is 16.4 Å². The lowest BCUT2D eigenvalue weighted by Crippen LogP contribution is -2.24. The fourth-order valence-corrected chi connectivity index (χ4v) is 4.22. The monoisotopic (exact) mass is 464 g/mol. The molecule has 0 spiro atoms. The Labute approximate surface area is 189 Å². The highest BCUT2D eigenvalue weighted by molar-refractivity contribution is 5.92. The molecule has 3 heterocycles. The smallest absolute Gasteiger partial charge is 0.381 e. The van der Waals surface area contributed by atoms with Gasteiger partial charge in [-0.1, -0.05) is 0 Å². The molecule has 0 unspecified atom stereocenters. The van der Waals surface area contributed by atoms with Crippen molar-refractivity contribution in [2.24, 2.45) is 17.6 Å². The number of nitrogens with two attached hydrogens (primary N) is 1. The van der Waals surface area contributed by atoms with E-state index in [4.69, 9.17) is 10.5 Å². The molecule has 2 aliphatic rings. The summed E-state index contributed by atoms with van der Waals surface area (Å²) in [5.74, 6) is 0.255. The van der Waals surface area contributed by atoms with E-state index < -0.39 is 11.7 Å². The van der Waals surface area contributed by atoms with E-state index in [0.717, 1.165) is 25.5 Å². The van der Waals surface area contributed by atoms with E-state index in [2.05, 4.69) is 25.6 Å². The number of hydrogen-bond acceptors (Lipinski definition) is 7. The minimum absolute atomic E-state index is 0.0332. The molecule has 2 fully saturated rings. The number of pyridine rings is 1. The van der Waals surface area contributed by atoms with Crippen LogP contribution in [0.25, 0.3) is 11.3 Å². The largest absolute Gasteiger partial charge is 0.418 e. The van der Waals surface area contributed by atoms with Gasteiger partial charge in [-0.05, 0) is 44.1 Å². The normalized spacial score (nSPS) is 21.7. The SMILES string of the molecule is N[C@H]1CC[C@@H](C(=O)Nc2cc(-c3cncc(NCC4CCOCC4)n3)c(C(F)(F)F)cn2)C1. The molecule has 11 heteroatoms. The predicted molar refractivity (Wildman–Crippen MR) is 116 cm³/mol. The highest BCUT2D eigenvalue weighted by Gasteiger charge is 2.35. The summed E-state index contributed by atoms with van der Waals surface area (Å²) in [6.45, 7) is 2.03. The number of rotatable bonds is 6. The Morgan fingerprint density at radius 1 is 1.12 bits per heavy atom. The minimum Gasteiger partial charge on any atom is -0.381 e. The summed E-state index contributed by atoms with van der Waals surface area (Å²) in [5.41, 5.74) is 4.76. The van der Waals surface area contributed by atoms with Crippen molar-refractivity contribution in [3.05, 3.63) is 30.2 Å². The van der Waals surface area contributed by atoms with Crippen LogP contribution in [0.15, 0.2) is 24.7 Å². The molecule has 178 valence electrons. The number of aromatic nitrogens is 3. The Kier molecular flexibility index (Phi) is 7.08. The standard InChI is InChI=1S/C22H27F3N6O2/c23-22(24,25)17-10-29-19(31-21(32)14-1-2-15(26)7-14)8-16(17)18-11-27-12-20(30-18)28-9-13-3-5-33-6-4-13/h8,10-15H,1-7,9,26H2,(H,28,30)(H,29,31,32)/t14-,15+/m1/s1. The summed E-state index contributed by atoms with van der Waals surface area (Å²) in [5, 5.41) is 5.79. The van der Waals surface area contributed by atoms with Crippen molar-refractivity contribution >= 4 is 17.5 Å². The second-order valence-electron chi connectivity index (χ2n) is 8.60. The van der Waals surface area contributed by atoms with Gasteiger partial charge in [-0.25, -0.2) is 9.97 Å². The summed E-state index contributed by atoms with van der Waals surface area (Å²) >= 11 is 0. The molecule has 1 aliphatic carbocycles. The molecule has 1 saturated carbocycles. The molecule has 0 radical (unpaired) electrons. The van der Waals surface area contributed by atoms with Crippen molar-refractivity contribution in [1.29, 1.82) is 0 Å². The van der Waals surface area contributed by atoms with E-state index >= 15 is 0 Å². The van der Waals surface area contributed by atoms with E-state index in [1.54, 1.807) is 0 Å². The molecular weight excluding hydrogens is 437 g/mol. The van der Waals surface area contributed by atoms with Gasteiger partial charge in [0.15, 0.2) is 0 Å². The summed E-state index contributed by atoms with van der Waals surface area (Å²) in [4.78, 5) is 24.7. The first-order valence-corrected chi connectivity index (χ1v) is 11.1. The number of nitrogens with zero attached hydrogens (tertiary/aromatic N) is 3.